The van der Waals surface area contributed by atoms with Gasteiger partial charge < -0.3 is 11.1 Å². The van der Waals surface area contributed by atoms with E-state index in [0.717, 1.165) is 25.7 Å². The molecule has 0 aromatic heterocycles. The molecule has 3 nitrogen and oxygen atoms in total. The Morgan fingerprint density at radius 2 is 2.31 bits per heavy atom. The number of amides is 1. The Bertz CT molecular complexity index is 166. The van der Waals surface area contributed by atoms with E-state index >= 15 is 0 Å². The van der Waals surface area contributed by atoms with Crippen LogP contribution in [-0.2, 0) is 4.79 Å². The molecule has 1 aliphatic carbocycles. The van der Waals surface area contributed by atoms with Crippen molar-refractivity contribution in [3.8, 4) is 0 Å². The zero-order valence-corrected chi connectivity index (χ0v) is 8.38. The van der Waals surface area contributed by atoms with Gasteiger partial charge in [-0.1, -0.05) is 13.3 Å². The molecular formula is C10H20N2O. The van der Waals surface area contributed by atoms with E-state index in [4.69, 9.17) is 5.73 Å². The number of nitrogens with one attached hydrogen (secondary N) is 1. The van der Waals surface area contributed by atoms with E-state index < -0.39 is 0 Å². The van der Waals surface area contributed by atoms with Gasteiger partial charge in [-0.25, -0.2) is 0 Å². The highest BCUT2D eigenvalue weighted by Crippen LogP contribution is 2.18. The summed E-state index contributed by atoms with van der Waals surface area (Å²) in [5, 5.41) is 3.03. The molecule has 3 N–H and O–H groups in total. The molecule has 76 valence electrons. The standard InChI is InChI=1S/C10H20N2O/c1-2-4-8(7-11)10(13)12-9-5-3-6-9/h8-9H,2-7,11H2,1H3,(H,12,13). The summed E-state index contributed by atoms with van der Waals surface area (Å²) in [5.74, 6) is 0.194. The van der Waals surface area contributed by atoms with Gasteiger partial charge in [0.2, 0.25) is 5.91 Å². The van der Waals surface area contributed by atoms with Crippen LogP contribution in [0.4, 0.5) is 0 Å². The Kier molecular flexibility index (Phi) is 4.22. The minimum Gasteiger partial charge on any atom is -0.353 e. The van der Waals surface area contributed by atoms with Gasteiger partial charge in [-0.2, -0.15) is 0 Å². The van der Waals surface area contributed by atoms with Crippen molar-refractivity contribution in [2.75, 3.05) is 6.54 Å². The lowest BCUT2D eigenvalue weighted by atomic mass is 9.92. The average Bonchev–Trinajstić information content (AvgIpc) is 2.07. The summed E-state index contributed by atoms with van der Waals surface area (Å²) in [5.41, 5.74) is 5.53. The van der Waals surface area contributed by atoms with E-state index in [2.05, 4.69) is 12.2 Å². The van der Waals surface area contributed by atoms with Crippen LogP contribution in [0.3, 0.4) is 0 Å². The van der Waals surface area contributed by atoms with Crippen LogP contribution in [0.5, 0.6) is 0 Å². The number of hydrogen-bond acceptors (Lipinski definition) is 2. The molecule has 0 saturated heterocycles. The largest absolute Gasteiger partial charge is 0.353 e. The highest BCUT2D eigenvalue weighted by Gasteiger charge is 2.23. The highest BCUT2D eigenvalue weighted by molar-refractivity contribution is 5.79. The van der Waals surface area contributed by atoms with Crippen LogP contribution < -0.4 is 11.1 Å². The van der Waals surface area contributed by atoms with Crippen LogP contribution >= 0.6 is 0 Å². The Hall–Kier alpha value is -0.570. The summed E-state index contributed by atoms with van der Waals surface area (Å²) in [6, 6.07) is 0.443. The van der Waals surface area contributed by atoms with E-state index in [-0.39, 0.29) is 11.8 Å². The molecule has 1 atom stereocenters. The summed E-state index contributed by atoms with van der Waals surface area (Å²) in [4.78, 5) is 11.6. The maximum Gasteiger partial charge on any atom is 0.224 e. The topological polar surface area (TPSA) is 55.1 Å². The van der Waals surface area contributed by atoms with Crippen LogP contribution in [0.1, 0.15) is 39.0 Å². The maximum atomic E-state index is 11.6. The van der Waals surface area contributed by atoms with E-state index in [1.807, 2.05) is 0 Å². The second-order valence-electron chi connectivity index (χ2n) is 3.86. The van der Waals surface area contributed by atoms with Gasteiger partial charge >= 0.3 is 0 Å². The monoisotopic (exact) mass is 184 g/mol. The van der Waals surface area contributed by atoms with Crippen LogP contribution in [0, 0.1) is 5.92 Å². The quantitative estimate of drug-likeness (QED) is 0.670. The average molecular weight is 184 g/mol. The molecule has 3 heteroatoms. The zero-order valence-electron chi connectivity index (χ0n) is 8.38. The van der Waals surface area contributed by atoms with E-state index in [1.54, 1.807) is 0 Å². The fourth-order valence-corrected chi connectivity index (χ4v) is 1.58. The fourth-order valence-electron chi connectivity index (χ4n) is 1.58. The Morgan fingerprint density at radius 3 is 2.69 bits per heavy atom. The first-order valence-corrected chi connectivity index (χ1v) is 5.28. The molecule has 0 aromatic carbocycles. The predicted octanol–water partition coefficient (Wildman–Crippen LogP) is 1.03. The highest BCUT2D eigenvalue weighted by atomic mass is 16.1. The molecule has 1 amide bonds. The van der Waals surface area contributed by atoms with Crippen molar-refractivity contribution in [1.29, 1.82) is 0 Å². The molecule has 1 fully saturated rings. The van der Waals surface area contributed by atoms with E-state index in [9.17, 15) is 4.79 Å². The summed E-state index contributed by atoms with van der Waals surface area (Å²) in [7, 11) is 0. The van der Waals surface area contributed by atoms with Crippen molar-refractivity contribution in [3.63, 3.8) is 0 Å². The van der Waals surface area contributed by atoms with Crippen LogP contribution in [-0.4, -0.2) is 18.5 Å². The predicted molar refractivity (Wildman–Crippen MR) is 53.2 cm³/mol. The van der Waals surface area contributed by atoms with Crippen molar-refractivity contribution in [3.05, 3.63) is 0 Å². The number of hydrogen-bond donors (Lipinski definition) is 2. The molecule has 13 heavy (non-hydrogen) atoms. The molecule has 1 rings (SSSR count). The molecule has 1 aliphatic rings. The summed E-state index contributed by atoms with van der Waals surface area (Å²) in [6.07, 6.45) is 5.49. The van der Waals surface area contributed by atoms with Crippen molar-refractivity contribution in [2.24, 2.45) is 11.7 Å². The number of carbonyl (C=O) groups excluding carboxylic acids is 1. The third-order valence-corrected chi connectivity index (χ3v) is 2.74. The lowest BCUT2D eigenvalue weighted by molar-refractivity contribution is -0.126. The van der Waals surface area contributed by atoms with Crippen LogP contribution in [0.2, 0.25) is 0 Å². The third kappa shape index (κ3) is 2.99. The van der Waals surface area contributed by atoms with Gasteiger partial charge in [0.1, 0.15) is 0 Å². The lowest BCUT2D eigenvalue weighted by Gasteiger charge is -2.28. The van der Waals surface area contributed by atoms with Gasteiger partial charge in [0.25, 0.3) is 0 Å². The molecular weight excluding hydrogens is 164 g/mol. The van der Waals surface area contributed by atoms with Gasteiger partial charge in [-0.15, -0.1) is 0 Å². The number of rotatable bonds is 5. The summed E-state index contributed by atoms with van der Waals surface area (Å²) >= 11 is 0. The number of nitrogens with two attached hydrogens (primary N) is 1. The van der Waals surface area contributed by atoms with Gasteiger partial charge in [-0.3, -0.25) is 4.79 Å². The molecule has 0 radical (unpaired) electrons. The fraction of sp³-hybridized carbons (Fsp3) is 0.900. The van der Waals surface area contributed by atoms with Crippen molar-refractivity contribution >= 4 is 5.91 Å². The first-order valence-electron chi connectivity index (χ1n) is 5.28. The zero-order chi connectivity index (χ0) is 9.68. The molecule has 0 spiro atoms. The summed E-state index contributed by atoms with van der Waals surface area (Å²) in [6.45, 7) is 2.56. The SMILES string of the molecule is CCCC(CN)C(=O)NC1CCC1. The first-order chi connectivity index (χ1) is 6.27. The second kappa shape index (κ2) is 5.22. The normalized spacial score (nSPS) is 19.2. The lowest BCUT2D eigenvalue weighted by Crippen LogP contribution is -2.44. The second-order valence-corrected chi connectivity index (χ2v) is 3.86. The minimum absolute atomic E-state index is 0.0330. The third-order valence-electron chi connectivity index (χ3n) is 2.74. The van der Waals surface area contributed by atoms with Crippen molar-refractivity contribution < 1.29 is 4.79 Å². The Labute approximate surface area is 80.1 Å². The van der Waals surface area contributed by atoms with Crippen LogP contribution in [0.15, 0.2) is 0 Å². The van der Waals surface area contributed by atoms with Gasteiger partial charge in [-0.05, 0) is 25.7 Å². The van der Waals surface area contributed by atoms with Gasteiger partial charge in [0.15, 0.2) is 0 Å². The molecule has 0 aromatic rings. The van der Waals surface area contributed by atoms with Crippen molar-refractivity contribution in [1.82, 2.24) is 5.32 Å². The minimum atomic E-state index is 0.0330. The Balaban J connectivity index is 2.25. The van der Waals surface area contributed by atoms with E-state index in [1.165, 1.54) is 6.42 Å². The van der Waals surface area contributed by atoms with Gasteiger partial charge in [0, 0.05) is 12.6 Å². The first kappa shape index (κ1) is 10.5. The Morgan fingerprint density at radius 1 is 1.62 bits per heavy atom. The molecule has 0 heterocycles. The molecule has 0 aliphatic heterocycles. The summed E-state index contributed by atoms with van der Waals surface area (Å²) < 4.78 is 0. The van der Waals surface area contributed by atoms with Crippen molar-refractivity contribution in [2.45, 2.75) is 45.1 Å². The van der Waals surface area contributed by atoms with Gasteiger partial charge in [0.05, 0.1) is 5.92 Å². The molecule has 1 saturated carbocycles. The molecule has 0 bridgehead atoms. The number of carbonyl (C=O) groups is 1. The van der Waals surface area contributed by atoms with E-state index in [0.29, 0.717) is 12.6 Å². The van der Waals surface area contributed by atoms with Crippen LogP contribution in [0.25, 0.3) is 0 Å². The smallest absolute Gasteiger partial charge is 0.224 e. The molecule has 1 unspecified atom stereocenters. The maximum absolute atomic E-state index is 11.6.